The molecule has 1 N–H and O–H groups in total. The van der Waals surface area contributed by atoms with Crippen molar-refractivity contribution in [3.8, 4) is 11.5 Å². The summed E-state index contributed by atoms with van der Waals surface area (Å²) in [5.41, 5.74) is 2.90. The molecule has 4 nitrogen and oxygen atoms in total. The van der Waals surface area contributed by atoms with Crippen LogP contribution in [0.2, 0.25) is 0 Å². The lowest BCUT2D eigenvalue weighted by molar-refractivity contribution is 0.0935. The number of nitrogens with one attached hydrogen (secondary N) is 1. The summed E-state index contributed by atoms with van der Waals surface area (Å²) in [5, 5.41) is 3.07. The fraction of sp³-hybridized carbons (Fsp3) is 0.278. The van der Waals surface area contributed by atoms with E-state index in [0.717, 1.165) is 12.0 Å². The van der Waals surface area contributed by atoms with E-state index in [1.165, 1.54) is 5.56 Å². The van der Waals surface area contributed by atoms with Gasteiger partial charge in [-0.2, -0.15) is 0 Å². The van der Waals surface area contributed by atoms with Crippen molar-refractivity contribution in [1.29, 1.82) is 0 Å². The lowest BCUT2D eigenvalue weighted by Gasteiger charge is -2.18. The molecule has 0 unspecified atom stereocenters. The van der Waals surface area contributed by atoms with Crippen LogP contribution in [0, 0.1) is 6.92 Å². The van der Waals surface area contributed by atoms with Crippen LogP contribution >= 0.6 is 0 Å². The van der Waals surface area contributed by atoms with Gasteiger partial charge in [0, 0.05) is 5.56 Å². The molecule has 0 saturated heterocycles. The van der Waals surface area contributed by atoms with E-state index in [0.29, 0.717) is 17.1 Å². The van der Waals surface area contributed by atoms with Gasteiger partial charge in [0.1, 0.15) is 0 Å². The number of carbonyl (C=O) groups is 1. The molecule has 2 aromatic rings. The van der Waals surface area contributed by atoms with Gasteiger partial charge in [0.25, 0.3) is 5.91 Å². The minimum atomic E-state index is -0.106. The van der Waals surface area contributed by atoms with Crippen molar-refractivity contribution < 1.29 is 14.3 Å². The topological polar surface area (TPSA) is 47.6 Å². The third-order valence-corrected chi connectivity index (χ3v) is 3.83. The maximum atomic E-state index is 12.4. The molecule has 0 aromatic heterocycles. The van der Waals surface area contributed by atoms with Crippen LogP contribution in [0.15, 0.2) is 42.5 Å². The molecular formula is C18H19NO3. The van der Waals surface area contributed by atoms with Crippen molar-refractivity contribution in [3.05, 3.63) is 59.2 Å². The predicted molar refractivity (Wildman–Crippen MR) is 84.2 cm³/mol. The number of amides is 1. The highest BCUT2D eigenvalue weighted by Crippen LogP contribution is 2.32. The zero-order chi connectivity index (χ0) is 15.5. The van der Waals surface area contributed by atoms with Gasteiger partial charge in [-0.15, -0.1) is 0 Å². The van der Waals surface area contributed by atoms with E-state index in [9.17, 15) is 4.79 Å². The fourth-order valence-corrected chi connectivity index (χ4v) is 2.50. The summed E-state index contributed by atoms with van der Waals surface area (Å²) in [6, 6.07) is 13.5. The third kappa shape index (κ3) is 2.91. The second-order valence-electron chi connectivity index (χ2n) is 5.41. The summed E-state index contributed by atoms with van der Waals surface area (Å²) in [6.07, 6.45) is 0.833. The lowest BCUT2D eigenvalue weighted by Crippen LogP contribution is -2.28. The Morgan fingerprint density at radius 3 is 2.59 bits per heavy atom. The highest BCUT2D eigenvalue weighted by molar-refractivity contribution is 5.95. The first-order chi connectivity index (χ1) is 10.7. The van der Waals surface area contributed by atoms with Crippen LogP contribution in [0.1, 0.15) is 40.9 Å². The number of hydrogen-bond acceptors (Lipinski definition) is 3. The molecule has 2 aromatic carbocycles. The van der Waals surface area contributed by atoms with Crippen LogP contribution in [0.5, 0.6) is 11.5 Å². The Balaban J connectivity index is 1.76. The standard InChI is InChI=1S/C18H19NO3/c1-3-15(13-6-4-12(2)5-7-13)19-18(20)14-8-9-16-17(10-14)22-11-21-16/h4-10,15H,3,11H2,1-2H3,(H,19,20)/t15-/m0/s1. The maximum absolute atomic E-state index is 12.4. The van der Waals surface area contributed by atoms with E-state index >= 15 is 0 Å². The molecular weight excluding hydrogens is 278 g/mol. The molecule has 4 heteroatoms. The number of benzene rings is 2. The monoisotopic (exact) mass is 297 g/mol. The first-order valence-corrected chi connectivity index (χ1v) is 7.44. The summed E-state index contributed by atoms with van der Waals surface area (Å²) in [5.74, 6) is 1.20. The summed E-state index contributed by atoms with van der Waals surface area (Å²) < 4.78 is 10.6. The Labute approximate surface area is 130 Å². The van der Waals surface area contributed by atoms with Crippen molar-refractivity contribution in [3.63, 3.8) is 0 Å². The summed E-state index contributed by atoms with van der Waals surface area (Å²) in [7, 11) is 0. The Bertz CT molecular complexity index is 679. The first kappa shape index (κ1) is 14.4. The summed E-state index contributed by atoms with van der Waals surface area (Å²) >= 11 is 0. The largest absolute Gasteiger partial charge is 0.454 e. The molecule has 1 atom stereocenters. The van der Waals surface area contributed by atoms with Crippen LogP contribution in [-0.2, 0) is 0 Å². The molecule has 3 rings (SSSR count). The molecule has 0 saturated carbocycles. The molecule has 22 heavy (non-hydrogen) atoms. The number of hydrogen-bond donors (Lipinski definition) is 1. The first-order valence-electron chi connectivity index (χ1n) is 7.44. The van der Waals surface area contributed by atoms with Crippen LogP contribution in [0.25, 0.3) is 0 Å². The molecule has 0 bridgehead atoms. The van der Waals surface area contributed by atoms with Crippen molar-refractivity contribution in [1.82, 2.24) is 5.32 Å². The molecule has 114 valence electrons. The van der Waals surface area contributed by atoms with Gasteiger partial charge in [0.05, 0.1) is 6.04 Å². The second kappa shape index (κ2) is 6.10. The van der Waals surface area contributed by atoms with Gasteiger partial charge < -0.3 is 14.8 Å². The normalized spacial score (nSPS) is 13.7. The number of aryl methyl sites for hydroxylation is 1. The van der Waals surface area contributed by atoms with E-state index in [2.05, 4.69) is 43.4 Å². The van der Waals surface area contributed by atoms with Crippen LogP contribution in [0.3, 0.4) is 0 Å². The summed E-state index contributed by atoms with van der Waals surface area (Å²) in [4.78, 5) is 12.4. The Morgan fingerprint density at radius 2 is 1.86 bits per heavy atom. The van der Waals surface area contributed by atoms with Crippen LogP contribution < -0.4 is 14.8 Å². The molecule has 0 spiro atoms. The Hall–Kier alpha value is -2.49. The van der Waals surface area contributed by atoms with Gasteiger partial charge in [-0.05, 0) is 37.1 Å². The number of ether oxygens (including phenoxy) is 2. The SMILES string of the molecule is CC[C@H](NC(=O)c1ccc2c(c1)OCO2)c1ccc(C)cc1. The van der Waals surface area contributed by atoms with Gasteiger partial charge >= 0.3 is 0 Å². The predicted octanol–water partition coefficient (Wildman–Crippen LogP) is 3.60. The highest BCUT2D eigenvalue weighted by Gasteiger charge is 2.18. The molecule has 0 radical (unpaired) electrons. The van der Waals surface area contributed by atoms with Gasteiger partial charge in [-0.3, -0.25) is 4.79 Å². The minimum Gasteiger partial charge on any atom is -0.454 e. The van der Waals surface area contributed by atoms with E-state index in [1.807, 2.05) is 0 Å². The second-order valence-corrected chi connectivity index (χ2v) is 5.41. The maximum Gasteiger partial charge on any atom is 0.251 e. The average Bonchev–Trinajstić information content (AvgIpc) is 3.01. The fourth-order valence-electron chi connectivity index (χ4n) is 2.50. The number of carbonyl (C=O) groups excluding carboxylic acids is 1. The number of rotatable bonds is 4. The van der Waals surface area contributed by atoms with Gasteiger partial charge in [-0.1, -0.05) is 36.8 Å². The quantitative estimate of drug-likeness (QED) is 0.938. The zero-order valence-electron chi connectivity index (χ0n) is 12.8. The zero-order valence-corrected chi connectivity index (χ0v) is 12.8. The molecule has 1 aliphatic heterocycles. The van der Waals surface area contributed by atoms with Crippen LogP contribution in [0.4, 0.5) is 0 Å². The van der Waals surface area contributed by atoms with E-state index < -0.39 is 0 Å². The highest BCUT2D eigenvalue weighted by atomic mass is 16.7. The van der Waals surface area contributed by atoms with Crippen molar-refractivity contribution in [2.45, 2.75) is 26.3 Å². The molecule has 1 heterocycles. The van der Waals surface area contributed by atoms with E-state index in [4.69, 9.17) is 9.47 Å². The van der Waals surface area contributed by atoms with Crippen molar-refractivity contribution >= 4 is 5.91 Å². The van der Waals surface area contributed by atoms with Crippen molar-refractivity contribution in [2.75, 3.05) is 6.79 Å². The molecule has 1 aliphatic rings. The Kier molecular flexibility index (Phi) is 4.00. The van der Waals surface area contributed by atoms with Crippen molar-refractivity contribution in [2.24, 2.45) is 0 Å². The van der Waals surface area contributed by atoms with Crippen LogP contribution in [-0.4, -0.2) is 12.7 Å². The van der Waals surface area contributed by atoms with E-state index in [-0.39, 0.29) is 18.7 Å². The van der Waals surface area contributed by atoms with Gasteiger partial charge in [-0.25, -0.2) is 0 Å². The minimum absolute atomic E-state index is 0.00137. The van der Waals surface area contributed by atoms with Gasteiger partial charge in [0.15, 0.2) is 11.5 Å². The Morgan fingerprint density at radius 1 is 1.14 bits per heavy atom. The van der Waals surface area contributed by atoms with Gasteiger partial charge in [0.2, 0.25) is 6.79 Å². The third-order valence-electron chi connectivity index (χ3n) is 3.83. The summed E-state index contributed by atoms with van der Waals surface area (Å²) in [6.45, 7) is 4.32. The molecule has 0 fully saturated rings. The molecule has 1 amide bonds. The lowest BCUT2D eigenvalue weighted by atomic mass is 10.0. The average molecular weight is 297 g/mol. The number of fused-ring (bicyclic) bond motifs is 1. The smallest absolute Gasteiger partial charge is 0.251 e. The van der Waals surface area contributed by atoms with E-state index in [1.54, 1.807) is 18.2 Å². The molecule has 0 aliphatic carbocycles.